The summed E-state index contributed by atoms with van der Waals surface area (Å²) >= 11 is 3.49. The third-order valence-corrected chi connectivity index (χ3v) is 3.92. The molecular weight excluding hydrogens is 278 g/mol. The van der Waals surface area contributed by atoms with Gasteiger partial charge in [0.1, 0.15) is 0 Å². The summed E-state index contributed by atoms with van der Waals surface area (Å²) in [5.74, 6) is -1.62. The van der Waals surface area contributed by atoms with Gasteiger partial charge in [0.05, 0.1) is 10.9 Å². The fourth-order valence-corrected chi connectivity index (χ4v) is 2.60. The predicted molar refractivity (Wildman–Crippen MR) is 61.6 cm³/mol. The number of hydrogen-bond donors (Lipinski definition) is 0. The van der Waals surface area contributed by atoms with Crippen LogP contribution < -0.4 is 0 Å². The van der Waals surface area contributed by atoms with E-state index in [0.717, 1.165) is 37.5 Å². The Bertz CT molecular complexity index is 364. The van der Waals surface area contributed by atoms with Crippen LogP contribution in [0.1, 0.15) is 29.7 Å². The van der Waals surface area contributed by atoms with E-state index >= 15 is 0 Å². The maximum absolute atomic E-state index is 13.1. The Morgan fingerprint density at radius 3 is 2.69 bits per heavy atom. The van der Waals surface area contributed by atoms with Crippen LogP contribution in [0.5, 0.6) is 0 Å². The topological polar surface area (TPSA) is 9.23 Å². The number of alkyl halides is 1. The van der Waals surface area contributed by atoms with Gasteiger partial charge in [-0.05, 0) is 37.0 Å². The van der Waals surface area contributed by atoms with Crippen LogP contribution in [-0.4, -0.2) is 12.7 Å². The Hall–Kier alpha value is -0.480. The second-order valence-corrected chi connectivity index (χ2v) is 4.97. The summed E-state index contributed by atoms with van der Waals surface area (Å²) in [7, 11) is 0. The summed E-state index contributed by atoms with van der Waals surface area (Å²) in [4.78, 5) is -0.0668. The molecule has 2 unspecified atom stereocenters. The van der Waals surface area contributed by atoms with Crippen molar-refractivity contribution in [2.45, 2.75) is 30.2 Å². The fourth-order valence-electron chi connectivity index (χ4n) is 1.90. The number of benzene rings is 1. The third kappa shape index (κ3) is 2.61. The van der Waals surface area contributed by atoms with Gasteiger partial charge >= 0.3 is 0 Å². The first-order valence-electron chi connectivity index (χ1n) is 5.39. The van der Waals surface area contributed by atoms with Crippen molar-refractivity contribution in [3.05, 3.63) is 35.4 Å². The van der Waals surface area contributed by atoms with Gasteiger partial charge in [-0.2, -0.15) is 0 Å². The van der Waals surface area contributed by atoms with Crippen LogP contribution in [0.4, 0.5) is 8.78 Å². The van der Waals surface area contributed by atoms with Crippen LogP contribution in [0.2, 0.25) is 0 Å². The highest BCUT2D eigenvalue weighted by atomic mass is 79.9. The second kappa shape index (κ2) is 5.23. The van der Waals surface area contributed by atoms with Crippen LogP contribution in [0.15, 0.2) is 18.2 Å². The molecule has 0 saturated carbocycles. The summed E-state index contributed by atoms with van der Waals surface area (Å²) in [5.41, 5.74) is 0.728. The molecule has 0 bridgehead atoms. The first-order chi connectivity index (χ1) is 7.68. The number of hydrogen-bond acceptors (Lipinski definition) is 1. The minimum atomic E-state index is -0.812. The van der Waals surface area contributed by atoms with Crippen LogP contribution >= 0.6 is 15.9 Å². The molecule has 1 nitrogen and oxygen atoms in total. The van der Waals surface area contributed by atoms with Crippen molar-refractivity contribution in [3.63, 3.8) is 0 Å². The Morgan fingerprint density at radius 1 is 1.25 bits per heavy atom. The van der Waals surface area contributed by atoms with Gasteiger partial charge in [0.25, 0.3) is 0 Å². The molecule has 0 aromatic heterocycles. The van der Waals surface area contributed by atoms with E-state index in [-0.39, 0.29) is 10.9 Å². The SMILES string of the molecule is Fc1ccc(C(Br)C2CCCCO2)cc1F. The standard InChI is InChI=1S/C12H13BrF2O/c13-12(11-3-1-2-6-16-11)8-4-5-9(14)10(15)7-8/h4-5,7,11-12H,1-3,6H2. The minimum absolute atomic E-state index is 0.0543. The molecule has 16 heavy (non-hydrogen) atoms. The Morgan fingerprint density at radius 2 is 2.06 bits per heavy atom. The maximum Gasteiger partial charge on any atom is 0.159 e. The molecule has 2 rings (SSSR count). The molecule has 1 aromatic rings. The fraction of sp³-hybridized carbons (Fsp3) is 0.500. The highest BCUT2D eigenvalue weighted by molar-refractivity contribution is 9.09. The van der Waals surface area contributed by atoms with E-state index in [1.807, 2.05) is 0 Å². The monoisotopic (exact) mass is 290 g/mol. The lowest BCUT2D eigenvalue weighted by atomic mass is 10.0. The van der Waals surface area contributed by atoms with E-state index in [1.165, 1.54) is 6.07 Å². The van der Waals surface area contributed by atoms with E-state index in [0.29, 0.717) is 0 Å². The predicted octanol–water partition coefficient (Wildman–Crippen LogP) is 3.97. The molecule has 1 aliphatic heterocycles. The van der Waals surface area contributed by atoms with Crippen molar-refractivity contribution in [1.82, 2.24) is 0 Å². The van der Waals surface area contributed by atoms with E-state index in [9.17, 15) is 8.78 Å². The summed E-state index contributed by atoms with van der Waals surface area (Å²) in [6, 6.07) is 3.98. The lowest BCUT2D eigenvalue weighted by molar-refractivity contribution is 0.0160. The van der Waals surface area contributed by atoms with Gasteiger partial charge in [-0.1, -0.05) is 22.0 Å². The first kappa shape index (κ1) is 12.0. The molecule has 2 atom stereocenters. The molecule has 0 spiro atoms. The molecule has 1 heterocycles. The molecule has 1 aromatic carbocycles. The van der Waals surface area contributed by atoms with Gasteiger partial charge in [0.15, 0.2) is 11.6 Å². The Kier molecular flexibility index (Phi) is 3.92. The molecule has 1 aliphatic rings. The molecule has 0 radical (unpaired) electrons. The second-order valence-electron chi connectivity index (χ2n) is 3.98. The quantitative estimate of drug-likeness (QED) is 0.749. The van der Waals surface area contributed by atoms with E-state index < -0.39 is 11.6 Å². The summed E-state index contributed by atoms with van der Waals surface area (Å²) < 4.78 is 31.5. The van der Waals surface area contributed by atoms with Gasteiger partial charge in [0, 0.05) is 6.61 Å². The van der Waals surface area contributed by atoms with Crippen LogP contribution in [-0.2, 0) is 4.74 Å². The van der Waals surface area contributed by atoms with Crippen LogP contribution in [0, 0.1) is 11.6 Å². The van der Waals surface area contributed by atoms with Crippen LogP contribution in [0.25, 0.3) is 0 Å². The summed E-state index contributed by atoms with van der Waals surface area (Å²) in [6.07, 6.45) is 3.21. The van der Waals surface area contributed by atoms with E-state index in [2.05, 4.69) is 15.9 Å². The van der Waals surface area contributed by atoms with Gasteiger partial charge in [0.2, 0.25) is 0 Å². The highest BCUT2D eigenvalue weighted by Crippen LogP contribution is 2.33. The van der Waals surface area contributed by atoms with Crippen molar-refractivity contribution < 1.29 is 13.5 Å². The largest absolute Gasteiger partial charge is 0.377 e. The Balaban J connectivity index is 2.12. The zero-order chi connectivity index (χ0) is 11.5. The molecule has 0 N–H and O–H groups in total. The molecule has 0 aliphatic carbocycles. The molecule has 4 heteroatoms. The lowest BCUT2D eigenvalue weighted by Crippen LogP contribution is -2.23. The van der Waals surface area contributed by atoms with Crippen LogP contribution in [0.3, 0.4) is 0 Å². The van der Waals surface area contributed by atoms with Crippen molar-refractivity contribution in [2.75, 3.05) is 6.61 Å². The smallest absolute Gasteiger partial charge is 0.159 e. The molecule has 0 amide bonds. The molecule has 88 valence electrons. The van der Waals surface area contributed by atoms with Crippen molar-refractivity contribution in [3.8, 4) is 0 Å². The third-order valence-electron chi connectivity index (χ3n) is 2.80. The highest BCUT2D eigenvalue weighted by Gasteiger charge is 2.24. The normalized spacial score (nSPS) is 23.1. The van der Waals surface area contributed by atoms with Crippen molar-refractivity contribution in [2.24, 2.45) is 0 Å². The molecule has 1 fully saturated rings. The van der Waals surface area contributed by atoms with Gasteiger partial charge in [-0.3, -0.25) is 0 Å². The van der Waals surface area contributed by atoms with Gasteiger partial charge in [-0.15, -0.1) is 0 Å². The molecule has 1 saturated heterocycles. The minimum Gasteiger partial charge on any atom is -0.377 e. The molecular formula is C12H13BrF2O. The zero-order valence-corrected chi connectivity index (χ0v) is 10.3. The van der Waals surface area contributed by atoms with Gasteiger partial charge in [-0.25, -0.2) is 8.78 Å². The van der Waals surface area contributed by atoms with E-state index in [1.54, 1.807) is 6.07 Å². The number of rotatable bonds is 2. The summed E-state index contributed by atoms with van der Waals surface area (Å²) in [6.45, 7) is 0.746. The number of ether oxygens (including phenoxy) is 1. The maximum atomic E-state index is 13.1. The summed E-state index contributed by atoms with van der Waals surface area (Å²) in [5, 5.41) is 0. The first-order valence-corrected chi connectivity index (χ1v) is 6.30. The van der Waals surface area contributed by atoms with Crippen molar-refractivity contribution >= 4 is 15.9 Å². The van der Waals surface area contributed by atoms with E-state index in [4.69, 9.17) is 4.74 Å². The Labute approximate surface area is 102 Å². The van der Waals surface area contributed by atoms with Gasteiger partial charge < -0.3 is 4.74 Å². The zero-order valence-electron chi connectivity index (χ0n) is 8.76. The lowest BCUT2D eigenvalue weighted by Gasteiger charge is -2.27. The number of halogens is 3. The van der Waals surface area contributed by atoms with Crippen molar-refractivity contribution in [1.29, 1.82) is 0 Å². The average Bonchev–Trinajstić information content (AvgIpc) is 2.33. The average molecular weight is 291 g/mol.